The second-order valence-corrected chi connectivity index (χ2v) is 9.53. The topological polar surface area (TPSA) is 63.5 Å². The fourth-order valence-corrected chi connectivity index (χ4v) is 5.18. The van der Waals surface area contributed by atoms with E-state index in [1.54, 1.807) is 12.3 Å². The predicted octanol–water partition coefficient (Wildman–Crippen LogP) is 4.78. The number of aromatic nitrogens is 1. The number of carbonyl (C=O) groups is 1. The van der Waals surface area contributed by atoms with Crippen molar-refractivity contribution in [2.75, 3.05) is 13.2 Å². The van der Waals surface area contributed by atoms with Gasteiger partial charge in [0.15, 0.2) is 0 Å². The number of alkyl halides is 2. The molecule has 1 aliphatic heterocycles. The summed E-state index contributed by atoms with van der Waals surface area (Å²) in [6.07, 6.45) is 5.10. The van der Waals surface area contributed by atoms with Crippen LogP contribution in [0.15, 0.2) is 24.4 Å². The Bertz CT molecular complexity index is 952. The summed E-state index contributed by atoms with van der Waals surface area (Å²) in [5, 5.41) is 14.8. The highest BCUT2D eigenvalue weighted by Gasteiger charge is 2.43. The first-order valence-corrected chi connectivity index (χ1v) is 11.3. The van der Waals surface area contributed by atoms with Crippen LogP contribution in [0.5, 0.6) is 0 Å². The predicted molar refractivity (Wildman–Crippen MR) is 116 cm³/mol. The number of nitrogens with one attached hydrogen (secondary N) is 1. The van der Waals surface area contributed by atoms with E-state index in [0.29, 0.717) is 41.8 Å². The quantitative estimate of drug-likeness (QED) is 0.660. The number of aliphatic hydroxyl groups is 1. The maximum atomic E-state index is 13.8. The molecule has 31 heavy (non-hydrogen) atoms. The number of hydrogen-bond acceptors (Lipinski definition) is 3. The van der Waals surface area contributed by atoms with E-state index in [2.05, 4.69) is 5.32 Å². The Hall–Kier alpha value is -1.70. The SMILES string of the molecule is CC(F)(F)C1CCCC(O)(CNC(=O)c2cn(CC3CCCO3)c3cccc(Cl)c23)C1. The van der Waals surface area contributed by atoms with Crippen LogP contribution in [0.25, 0.3) is 10.9 Å². The van der Waals surface area contributed by atoms with E-state index in [1.165, 1.54) is 0 Å². The monoisotopic (exact) mass is 454 g/mol. The van der Waals surface area contributed by atoms with Crippen molar-refractivity contribution in [3.05, 3.63) is 35.0 Å². The van der Waals surface area contributed by atoms with Crippen molar-refractivity contribution in [3.63, 3.8) is 0 Å². The zero-order chi connectivity index (χ0) is 22.2. The van der Waals surface area contributed by atoms with Gasteiger partial charge in [-0.3, -0.25) is 4.79 Å². The summed E-state index contributed by atoms with van der Waals surface area (Å²) in [5.74, 6) is -4.10. The number of nitrogens with zero attached hydrogens (tertiary/aromatic N) is 1. The van der Waals surface area contributed by atoms with Gasteiger partial charge >= 0.3 is 0 Å². The highest BCUT2D eigenvalue weighted by Crippen LogP contribution is 2.40. The lowest BCUT2D eigenvalue weighted by Gasteiger charge is -2.39. The number of amides is 1. The molecular formula is C23H29ClF2N2O3. The van der Waals surface area contributed by atoms with Gasteiger partial charge in [0.1, 0.15) is 0 Å². The summed E-state index contributed by atoms with van der Waals surface area (Å²) in [6, 6.07) is 5.49. The van der Waals surface area contributed by atoms with E-state index in [1.807, 2.05) is 16.7 Å². The van der Waals surface area contributed by atoms with Gasteiger partial charge in [0.2, 0.25) is 5.92 Å². The average molecular weight is 455 g/mol. The van der Waals surface area contributed by atoms with Crippen molar-refractivity contribution in [3.8, 4) is 0 Å². The highest BCUT2D eigenvalue weighted by atomic mass is 35.5. The summed E-state index contributed by atoms with van der Waals surface area (Å²) in [4.78, 5) is 13.1. The van der Waals surface area contributed by atoms with Gasteiger partial charge in [-0.15, -0.1) is 0 Å². The molecule has 170 valence electrons. The fraction of sp³-hybridized carbons (Fsp3) is 0.609. The minimum absolute atomic E-state index is 0.0294. The largest absolute Gasteiger partial charge is 0.388 e. The van der Waals surface area contributed by atoms with E-state index < -0.39 is 17.4 Å². The standard InChI is InChI=1S/C23H29ClF2N2O3/c1-22(25,26)15-5-3-9-23(30,11-15)14-27-21(29)17-13-28(12-16-6-4-10-31-16)19-8-2-7-18(24)20(17)19/h2,7-8,13,15-16,30H,3-6,9-12,14H2,1H3,(H,27,29). The molecule has 2 heterocycles. The van der Waals surface area contributed by atoms with Gasteiger partial charge in [-0.25, -0.2) is 8.78 Å². The summed E-state index contributed by atoms with van der Waals surface area (Å²) < 4.78 is 35.3. The van der Waals surface area contributed by atoms with Gasteiger partial charge in [0.25, 0.3) is 5.91 Å². The number of halogens is 3. The van der Waals surface area contributed by atoms with Gasteiger partial charge in [-0.05, 0) is 51.2 Å². The molecule has 2 aliphatic rings. The molecule has 3 unspecified atom stereocenters. The van der Waals surface area contributed by atoms with Crippen molar-refractivity contribution >= 4 is 28.4 Å². The molecule has 1 saturated heterocycles. The van der Waals surface area contributed by atoms with Crippen molar-refractivity contribution in [1.29, 1.82) is 0 Å². The van der Waals surface area contributed by atoms with E-state index >= 15 is 0 Å². The van der Waals surface area contributed by atoms with Crippen LogP contribution in [0, 0.1) is 5.92 Å². The van der Waals surface area contributed by atoms with Crippen LogP contribution in [0.1, 0.15) is 55.8 Å². The third kappa shape index (κ3) is 4.89. The van der Waals surface area contributed by atoms with E-state index in [-0.39, 0.29) is 25.0 Å². The third-order valence-electron chi connectivity index (χ3n) is 6.64. The molecule has 5 nitrogen and oxygen atoms in total. The van der Waals surface area contributed by atoms with Crippen LogP contribution in [0.4, 0.5) is 8.78 Å². The number of carbonyl (C=O) groups excluding carboxylic acids is 1. The molecule has 0 spiro atoms. The van der Waals surface area contributed by atoms with Crippen LogP contribution < -0.4 is 5.32 Å². The van der Waals surface area contributed by atoms with Crippen LogP contribution in [0.2, 0.25) is 5.02 Å². The molecule has 0 radical (unpaired) electrons. The average Bonchev–Trinajstić information content (AvgIpc) is 3.35. The lowest BCUT2D eigenvalue weighted by Crippen LogP contribution is -2.48. The third-order valence-corrected chi connectivity index (χ3v) is 6.96. The van der Waals surface area contributed by atoms with Crippen molar-refractivity contribution in [1.82, 2.24) is 9.88 Å². The van der Waals surface area contributed by atoms with Crippen molar-refractivity contribution < 1.29 is 23.4 Å². The van der Waals surface area contributed by atoms with E-state index in [9.17, 15) is 18.7 Å². The zero-order valence-corrected chi connectivity index (χ0v) is 18.4. The Kier molecular flexibility index (Phi) is 6.30. The van der Waals surface area contributed by atoms with Gasteiger partial charge < -0.3 is 19.7 Å². The Morgan fingerprint density at radius 3 is 2.90 bits per heavy atom. The molecule has 1 saturated carbocycles. The van der Waals surface area contributed by atoms with Crippen molar-refractivity contribution in [2.45, 2.75) is 69.6 Å². The summed E-state index contributed by atoms with van der Waals surface area (Å²) in [6.45, 7) is 2.20. The number of ether oxygens (including phenoxy) is 1. The normalized spacial score (nSPS) is 27.0. The molecule has 1 aromatic carbocycles. The number of rotatable bonds is 6. The minimum Gasteiger partial charge on any atom is -0.388 e. The van der Waals surface area contributed by atoms with E-state index in [0.717, 1.165) is 31.9 Å². The number of benzene rings is 1. The Balaban J connectivity index is 1.52. The first kappa shape index (κ1) is 22.5. The Morgan fingerprint density at radius 2 is 2.19 bits per heavy atom. The molecule has 1 aromatic heterocycles. The van der Waals surface area contributed by atoms with Crippen LogP contribution in [-0.2, 0) is 11.3 Å². The number of fused-ring (bicyclic) bond motifs is 1. The summed E-state index contributed by atoms with van der Waals surface area (Å²) in [5.41, 5.74) is -0.0803. The molecule has 8 heteroatoms. The zero-order valence-electron chi connectivity index (χ0n) is 17.7. The van der Waals surface area contributed by atoms with Crippen molar-refractivity contribution in [2.24, 2.45) is 5.92 Å². The lowest BCUT2D eigenvalue weighted by atomic mass is 9.75. The first-order valence-electron chi connectivity index (χ1n) is 10.9. The van der Waals surface area contributed by atoms with Gasteiger partial charge in [-0.2, -0.15) is 0 Å². The van der Waals surface area contributed by atoms with Crippen LogP contribution >= 0.6 is 11.6 Å². The molecule has 2 fully saturated rings. The first-order chi connectivity index (χ1) is 14.7. The maximum Gasteiger partial charge on any atom is 0.253 e. The lowest BCUT2D eigenvalue weighted by molar-refractivity contribution is -0.103. The molecule has 4 rings (SSSR count). The molecule has 2 N–H and O–H groups in total. The van der Waals surface area contributed by atoms with Gasteiger partial charge in [0.05, 0.1) is 27.8 Å². The molecule has 2 aromatic rings. The Labute approximate surface area is 185 Å². The van der Waals surface area contributed by atoms with E-state index in [4.69, 9.17) is 16.3 Å². The molecule has 0 bridgehead atoms. The molecule has 1 aliphatic carbocycles. The molecule has 3 atom stereocenters. The van der Waals surface area contributed by atoms with Gasteiger partial charge in [0, 0.05) is 37.2 Å². The highest BCUT2D eigenvalue weighted by molar-refractivity contribution is 6.36. The van der Waals surface area contributed by atoms with Gasteiger partial charge in [-0.1, -0.05) is 24.1 Å². The number of hydrogen-bond donors (Lipinski definition) is 2. The van der Waals surface area contributed by atoms with Crippen LogP contribution in [0.3, 0.4) is 0 Å². The second-order valence-electron chi connectivity index (χ2n) is 9.12. The minimum atomic E-state index is -2.85. The fourth-order valence-electron chi connectivity index (χ4n) is 4.91. The Morgan fingerprint density at radius 1 is 1.39 bits per heavy atom. The summed E-state index contributed by atoms with van der Waals surface area (Å²) >= 11 is 6.42. The molecular weight excluding hydrogens is 426 g/mol. The van der Waals surface area contributed by atoms with Crippen LogP contribution in [-0.4, -0.2) is 46.4 Å². The second kappa shape index (κ2) is 8.68. The molecule has 1 amide bonds. The maximum absolute atomic E-state index is 13.8. The summed E-state index contributed by atoms with van der Waals surface area (Å²) in [7, 11) is 0. The smallest absolute Gasteiger partial charge is 0.253 e.